The molecular weight excluding hydrogens is 250 g/mol. The summed E-state index contributed by atoms with van der Waals surface area (Å²) in [6.07, 6.45) is 0.947. The standard InChI is InChI=1S/C17H19NO2/c1-13-15(17(19)20-2)9-6-10-16(13)18-12-11-14-7-4-3-5-8-14/h3-10,18H,11-12H2,1-2H3. The molecular formula is C17H19NO2. The third-order valence-corrected chi connectivity index (χ3v) is 3.31. The number of carbonyl (C=O) groups is 1. The lowest BCUT2D eigenvalue weighted by Crippen LogP contribution is -2.09. The van der Waals surface area contributed by atoms with E-state index in [4.69, 9.17) is 4.74 Å². The van der Waals surface area contributed by atoms with E-state index in [2.05, 4.69) is 17.4 Å². The minimum atomic E-state index is -0.297. The van der Waals surface area contributed by atoms with Crippen LogP contribution in [0.1, 0.15) is 21.5 Å². The average Bonchev–Trinajstić information content (AvgIpc) is 2.49. The zero-order valence-corrected chi connectivity index (χ0v) is 11.8. The highest BCUT2D eigenvalue weighted by molar-refractivity contribution is 5.92. The van der Waals surface area contributed by atoms with Crippen molar-refractivity contribution in [3.8, 4) is 0 Å². The first-order valence-corrected chi connectivity index (χ1v) is 6.68. The van der Waals surface area contributed by atoms with Crippen LogP contribution in [0.2, 0.25) is 0 Å². The van der Waals surface area contributed by atoms with Crippen molar-refractivity contribution in [3.63, 3.8) is 0 Å². The lowest BCUT2D eigenvalue weighted by atomic mass is 10.1. The van der Waals surface area contributed by atoms with Crippen LogP contribution in [-0.4, -0.2) is 19.6 Å². The lowest BCUT2D eigenvalue weighted by molar-refractivity contribution is 0.0600. The number of nitrogens with one attached hydrogen (secondary N) is 1. The predicted octanol–water partition coefficient (Wildman–Crippen LogP) is 3.44. The van der Waals surface area contributed by atoms with Crippen molar-refractivity contribution in [1.29, 1.82) is 0 Å². The van der Waals surface area contributed by atoms with Crippen molar-refractivity contribution < 1.29 is 9.53 Å². The summed E-state index contributed by atoms with van der Waals surface area (Å²) in [4.78, 5) is 11.6. The molecule has 3 nitrogen and oxygen atoms in total. The molecule has 0 spiro atoms. The number of rotatable bonds is 5. The lowest BCUT2D eigenvalue weighted by Gasteiger charge is -2.12. The molecule has 0 aliphatic rings. The molecule has 0 aliphatic heterocycles. The van der Waals surface area contributed by atoms with Crippen LogP contribution in [0.4, 0.5) is 5.69 Å². The third-order valence-electron chi connectivity index (χ3n) is 3.31. The Hall–Kier alpha value is -2.29. The Morgan fingerprint density at radius 2 is 1.85 bits per heavy atom. The summed E-state index contributed by atoms with van der Waals surface area (Å²) in [5, 5.41) is 3.37. The number of carbonyl (C=O) groups excluding carboxylic acids is 1. The molecule has 0 amide bonds. The van der Waals surface area contributed by atoms with Gasteiger partial charge >= 0.3 is 5.97 Å². The summed E-state index contributed by atoms with van der Waals surface area (Å²) in [7, 11) is 1.40. The molecule has 0 bridgehead atoms. The van der Waals surface area contributed by atoms with E-state index < -0.39 is 0 Å². The molecule has 2 aromatic rings. The number of hydrogen-bond acceptors (Lipinski definition) is 3. The van der Waals surface area contributed by atoms with E-state index in [0.717, 1.165) is 24.2 Å². The van der Waals surface area contributed by atoms with Crippen molar-refractivity contribution in [2.45, 2.75) is 13.3 Å². The first-order chi connectivity index (χ1) is 9.72. The number of methoxy groups -OCH3 is 1. The minimum Gasteiger partial charge on any atom is -0.465 e. The molecule has 2 aromatic carbocycles. The summed E-state index contributed by atoms with van der Waals surface area (Å²) < 4.78 is 4.78. The average molecular weight is 269 g/mol. The van der Waals surface area contributed by atoms with E-state index in [1.807, 2.05) is 37.3 Å². The summed E-state index contributed by atoms with van der Waals surface area (Å²) >= 11 is 0. The molecule has 1 N–H and O–H groups in total. The van der Waals surface area contributed by atoms with Gasteiger partial charge in [0.25, 0.3) is 0 Å². The van der Waals surface area contributed by atoms with E-state index in [1.54, 1.807) is 6.07 Å². The van der Waals surface area contributed by atoms with Crippen LogP contribution in [0.5, 0.6) is 0 Å². The zero-order valence-electron chi connectivity index (χ0n) is 11.8. The molecule has 2 rings (SSSR count). The quantitative estimate of drug-likeness (QED) is 0.845. The predicted molar refractivity (Wildman–Crippen MR) is 81.2 cm³/mol. The van der Waals surface area contributed by atoms with Crippen LogP contribution in [0, 0.1) is 6.92 Å². The van der Waals surface area contributed by atoms with Crippen LogP contribution in [0.3, 0.4) is 0 Å². The number of ether oxygens (including phenoxy) is 1. The van der Waals surface area contributed by atoms with Crippen molar-refractivity contribution in [1.82, 2.24) is 0 Å². The molecule has 0 heterocycles. The van der Waals surface area contributed by atoms with Gasteiger partial charge in [-0.1, -0.05) is 36.4 Å². The van der Waals surface area contributed by atoms with E-state index in [-0.39, 0.29) is 5.97 Å². The summed E-state index contributed by atoms with van der Waals surface area (Å²) in [6, 6.07) is 15.9. The second-order valence-corrected chi connectivity index (χ2v) is 4.63. The number of anilines is 1. The Balaban J connectivity index is 2.01. The fourth-order valence-electron chi connectivity index (χ4n) is 2.14. The highest BCUT2D eigenvalue weighted by Gasteiger charge is 2.11. The Morgan fingerprint density at radius 3 is 2.55 bits per heavy atom. The summed E-state index contributed by atoms with van der Waals surface area (Å²) in [5.74, 6) is -0.297. The molecule has 0 radical (unpaired) electrons. The van der Waals surface area contributed by atoms with Crippen molar-refractivity contribution in [3.05, 3.63) is 65.2 Å². The van der Waals surface area contributed by atoms with Gasteiger partial charge in [-0.05, 0) is 36.6 Å². The SMILES string of the molecule is COC(=O)c1cccc(NCCc2ccccc2)c1C. The molecule has 104 valence electrons. The Kier molecular flexibility index (Phi) is 4.77. The van der Waals surface area contributed by atoms with Crippen molar-refractivity contribution in [2.24, 2.45) is 0 Å². The largest absolute Gasteiger partial charge is 0.465 e. The molecule has 0 unspecified atom stereocenters. The number of benzene rings is 2. The van der Waals surface area contributed by atoms with Gasteiger partial charge in [0, 0.05) is 12.2 Å². The second-order valence-electron chi connectivity index (χ2n) is 4.63. The topological polar surface area (TPSA) is 38.3 Å². The third kappa shape index (κ3) is 3.38. The van der Waals surface area contributed by atoms with Crippen LogP contribution in [0.25, 0.3) is 0 Å². The fourth-order valence-corrected chi connectivity index (χ4v) is 2.14. The molecule has 0 saturated carbocycles. The first kappa shape index (κ1) is 14.1. The van der Waals surface area contributed by atoms with Gasteiger partial charge in [0.05, 0.1) is 12.7 Å². The van der Waals surface area contributed by atoms with Crippen LogP contribution in [0.15, 0.2) is 48.5 Å². The summed E-state index contributed by atoms with van der Waals surface area (Å²) in [5.41, 5.74) is 3.80. The van der Waals surface area contributed by atoms with E-state index in [1.165, 1.54) is 12.7 Å². The molecule has 0 saturated heterocycles. The molecule has 20 heavy (non-hydrogen) atoms. The van der Waals surface area contributed by atoms with Gasteiger partial charge in [0.15, 0.2) is 0 Å². The maximum absolute atomic E-state index is 11.6. The second kappa shape index (κ2) is 6.75. The minimum absolute atomic E-state index is 0.297. The highest BCUT2D eigenvalue weighted by Crippen LogP contribution is 2.19. The normalized spacial score (nSPS) is 10.1. The zero-order chi connectivity index (χ0) is 14.4. The van der Waals surface area contributed by atoms with Crippen molar-refractivity contribution >= 4 is 11.7 Å². The van der Waals surface area contributed by atoms with Crippen LogP contribution >= 0.6 is 0 Å². The maximum Gasteiger partial charge on any atom is 0.338 e. The molecule has 0 atom stereocenters. The van der Waals surface area contributed by atoms with E-state index in [0.29, 0.717) is 5.56 Å². The van der Waals surface area contributed by atoms with E-state index in [9.17, 15) is 4.79 Å². The Morgan fingerprint density at radius 1 is 1.10 bits per heavy atom. The maximum atomic E-state index is 11.6. The van der Waals surface area contributed by atoms with Crippen LogP contribution in [-0.2, 0) is 11.2 Å². The van der Waals surface area contributed by atoms with Gasteiger partial charge < -0.3 is 10.1 Å². The van der Waals surface area contributed by atoms with Crippen LogP contribution < -0.4 is 5.32 Å². The van der Waals surface area contributed by atoms with Gasteiger partial charge in [0.1, 0.15) is 0 Å². The molecule has 0 fully saturated rings. The smallest absolute Gasteiger partial charge is 0.338 e. The van der Waals surface area contributed by atoms with E-state index >= 15 is 0 Å². The monoisotopic (exact) mass is 269 g/mol. The van der Waals surface area contributed by atoms with Gasteiger partial charge in [-0.3, -0.25) is 0 Å². The Labute approximate surface area is 119 Å². The molecule has 0 aliphatic carbocycles. The van der Waals surface area contributed by atoms with Gasteiger partial charge in [-0.15, -0.1) is 0 Å². The fraction of sp³-hybridized carbons (Fsp3) is 0.235. The highest BCUT2D eigenvalue weighted by atomic mass is 16.5. The number of esters is 1. The van der Waals surface area contributed by atoms with Gasteiger partial charge in [0.2, 0.25) is 0 Å². The van der Waals surface area contributed by atoms with Gasteiger partial charge in [-0.25, -0.2) is 4.79 Å². The molecule has 3 heteroatoms. The van der Waals surface area contributed by atoms with Crippen molar-refractivity contribution in [2.75, 3.05) is 19.0 Å². The summed E-state index contributed by atoms with van der Waals surface area (Å²) in [6.45, 7) is 2.76. The van der Waals surface area contributed by atoms with Gasteiger partial charge in [-0.2, -0.15) is 0 Å². The Bertz CT molecular complexity index is 579. The first-order valence-electron chi connectivity index (χ1n) is 6.68. The molecule has 0 aromatic heterocycles. The number of hydrogen-bond donors (Lipinski definition) is 1.